The van der Waals surface area contributed by atoms with Crippen LogP contribution < -0.4 is 0 Å². The molecule has 6 heterocycles. The molecule has 0 bridgehead atoms. The van der Waals surface area contributed by atoms with E-state index in [0.717, 1.165) is 46.9 Å². The summed E-state index contributed by atoms with van der Waals surface area (Å²) < 4.78 is 14.7. The Morgan fingerprint density at radius 3 is 2.67 bits per heavy atom. The van der Waals surface area contributed by atoms with Crippen LogP contribution >= 0.6 is 0 Å². The molecule has 39 heavy (non-hydrogen) atoms. The van der Waals surface area contributed by atoms with Gasteiger partial charge in [-0.05, 0) is 81.2 Å². The molecule has 0 amide bonds. The van der Waals surface area contributed by atoms with E-state index in [9.17, 15) is 4.39 Å². The van der Waals surface area contributed by atoms with Gasteiger partial charge in [-0.2, -0.15) is 5.10 Å². The van der Waals surface area contributed by atoms with Gasteiger partial charge in [-0.1, -0.05) is 0 Å². The molecular weight excluding hydrogens is 493 g/mol. The molecule has 1 aliphatic heterocycles. The SMILES string of the molecule is Fc1cc(CCCN2CCCC2)cc(-c2nccc3[nH]c(-c4n[nH]c5cnc(-c6cnccn6)cc45)nc23)c1. The summed E-state index contributed by atoms with van der Waals surface area (Å²) >= 11 is 0. The lowest BCUT2D eigenvalue weighted by Gasteiger charge is -2.14. The lowest BCUT2D eigenvalue weighted by Crippen LogP contribution is -2.20. The molecule has 7 rings (SSSR count). The van der Waals surface area contributed by atoms with Gasteiger partial charge >= 0.3 is 0 Å². The van der Waals surface area contributed by atoms with Crippen molar-refractivity contribution in [2.45, 2.75) is 25.7 Å². The summed E-state index contributed by atoms with van der Waals surface area (Å²) in [6.45, 7) is 3.39. The first-order valence-corrected chi connectivity index (χ1v) is 13.2. The summed E-state index contributed by atoms with van der Waals surface area (Å²) in [7, 11) is 0. The van der Waals surface area contributed by atoms with E-state index in [4.69, 9.17) is 4.98 Å². The molecule has 0 aliphatic carbocycles. The Labute approximate surface area is 223 Å². The number of aromatic nitrogens is 8. The van der Waals surface area contributed by atoms with E-state index in [1.54, 1.807) is 37.1 Å². The van der Waals surface area contributed by atoms with Crippen molar-refractivity contribution in [2.24, 2.45) is 0 Å². The molecular formula is C29H26FN9. The number of rotatable bonds is 7. The van der Waals surface area contributed by atoms with Crippen LogP contribution in [-0.4, -0.2) is 64.6 Å². The van der Waals surface area contributed by atoms with Crippen molar-refractivity contribution in [3.8, 4) is 34.2 Å². The number of halogens is 1. The second-order valence-electron chi connectivity index (χ2n) is 9.92. The first-order chi connectivity index (χ1) is 19.2. The summed E-state index contributed by atoms with van der Waals surface area (Å²) in [6.07, 6.45) is 12.8. The van der Waals surface area contributed by atoms with Crippen LogP contribution in [0.15, 0.2) is 61.3 Å². The number of imidazole rings is 1. The van der Waals surface area contributed by atoms with Crippen molar-refractivity contribution in [3.63, 3.8) is 0 Å². The first-order valence-electron chi connectivity index (χ1n) is 13.2. The molecule has 0 spiro atoms. The maximum absolute atomic E-state index is 14.7. The van der Waals surface area contributed by atoms with Gasteiger partial charge in [0.15, 0.2) is 5.82 Å². The van der Waals surface area contributed by atoms with E-state index in [-0.39, 0.29) is 5.82 Å². The van der Waals surface area contributed by atoms with Crippen molar-refractivity contribution < 1.29 is 4.39 Å². The Kier molecular flexibility index (Phi) is 6.01. The highest BCUT2D eigenvalue weighted by atomic mass is 19.1. The van der Waals surface area contributed by atoms with E-state index < -0.39 is 0 Å². The highest BCUT2D eigenvalue weighted by molar-refractivity contribution is 5.96. The van der Waals surface area contributed by atoms with Crippen LogP contribution in [0.1, 0.15) is 24.8 Å². The molecule has 1 aliphatic rings. The third-order valence-electron chi connectivity index (χ3n) is 7.27. The number of aryl methyl sites for hydroxylation is 1. The average Bonchev–Trinajstić information content (AvgIpc) is 3.72. The third-order valence-corrected chi connectivity index (χ3v) is 7.27. The number of hydrogen-bond donors (Lipinski definition) is 2. The molecule has 10 heteroatoms. The summed E-state index contributed by atoms with van der Waals surface area (Å²) in [5.74, 6) is 0.324. The fourth-order valence-corrected chi connectivity index (χ4v) is 5.37. The lowest BCUT2D eigenvalue weighted by atomic mass is 10.0. The number of H-pyrrole nitrogens is 2. The number of hydrogen-bond acceptors (Lipinski definition) is 7. The number of nitrogens with zero attached hydrogens (tertiary/aromatic N) is 7. The molecule has 6 aromatic rings. The normalized spacial score (nSPS) is 14.1. The van der Waals surface area contributed by atoms with Gasteiger partial charge in [0, 0.05) is 29.5 Å². The van der Waals surface area contributed by atoms with Crippen molar-refractivity contribution in [1.29, 1.82) is 0 Å². The largest absolute Gasteiger partial charge is 0.336 e. The third kappa shape index (κ3) is 4.63. The predicted molar refractivity (Wildman–Crippen MR) is 147 cm³/mol. The van der Waals surface area contributed by atoms with Gasteiger partial charge in [0.25, 0.3) is 0 Å². The molecule has 1 fully saturated rings. The van der Waals surface area contributed by atoms with E-state index in [1.807, 2.05) is 18.2 Å². The summed E-state index contributed by atoms with van der Waals surface area (Å²) in [4.78, 5) is 28.3. The van der Waals surface area contributed by atoms with Crippen molar-refractivity contribution in [2.75, 3.05) is 19.6 Å². The summed E-state index contributed by atoms with van der Waals surface area (Å²) in [6, 6.07) is 8.98. The quantitative estimate of drug-likeness (QED) is 0.299. The van der Waals surface area contributed by atoms with Gasteiger partial charge in [-0.3, -0.25) is 25.0 Å². The van der Waals surface area contributed by atoms with Crippen LogP contribution in [0.25, 0.3) is 56.1 Å². The smallest absolute Gasteiger partial charge is 0.159 e. The van der Waals surface area contributed by atoms with Gasteiger partial charge in [0.1, 0.15) is 22.7 Å². The minimum atomic E-state index is -0.263. The Bertz CT molecular complexity index is 1770. The van der Waals surface area contributed by atoms with Crippen LogP contribution in [0.2, 0.25) is 0 Å². The van der Waals surface area contributed by atoms with Crippen LogP contribution in [0.3, 0.4) is 0 Å². The Hall–Kier alpha value is -4.57. The van der Waals surface area contributed by atoms with Gasteiger partial charge in [-0.15, -0.1) is 0 Å². The van der Waals surface area contributed by atoms with Gasteiger partial charge in [0.05, 0.1) is 34.8 Å². The molecule has 0 atom stereocenters. The van der Waals surface area contributed by atoms with Crippen LogP contribution in [-0.2, 0) is 6.42 Å². The molecule has 0 radical (unpaired) electrons. The Morgan fingerprint density at radius 1 is 0.872 bits per heavy atom. The van der Waals surface area contributed by atoms with E-state index in [1.165, 1.54) is 32.0 Å². The lowest BCUT2D eigenvalue weighted by molar-refractivity contribution is 0.334. The molecule has 1 saturated heterocycles. The van der Waals surface area contributed by atoms with Crippen molar-refractivity contribution in [3.05, 3.63) is 72.7 Å². The van der Waals surface area contributed by atoms with Crippen molar-refractivity contribution in [1.82, 2.24) is 45.0 Å². The molecule has 1 aromatic carbocycles. The first kappa shape index (κ1) is 23.5. The molecule has 5 aromatic heterocycles. The molecule has 0 saturated carbocycles. The Morgan fingerprint density at radius 2 is 1.79 bits per heavy atom. The highest BCUT2D eigenvalue weighted by Crippen LogP contribution is 2.32. The number of aromatic amines is 2. The van der Waals surface area contributed by atoms with Gasteiger partial charge < -0.3 is 9.88 Å². The monoisotopic (exact) mass is 519 g/mol. The number of fused-ring (bicyclic) bond motifs is 2. The fourth-order valence-electron chi connectivity index (χ4n) is 5.37. The maximum atomic E-state index is 14.7. The number of likely N-dealkylation sites (tertiary alicyclic amines) is 1. The molecule has 0 unspecified atom stereocenters. The molecule has 2 N–H and O–H groups in total. The minimum absolute atomic E-state index is 0.263. The average molecular weight is 520 g/mol. The second kappa shape index (κ2) is 9.95. The number of pyridine rings is 2. The van der Waals surface area contributed by atoms with Crippen LogP contribution in [0.5, 0.6) is 0 Å². The second-order valence-corrected chi connectivity index (χ2v) is 9.92. The zero-order valence-corrected chi connectivity index (χ0v) is 21.2. The van der Waals surface area contributed by atoms with Crippen molar-refractivity contribution >= 4 is 21.9 Å². The molecule has 9 nitrogen and oxygen atoms in total. The van der Waals surface area contributed by atoms with Gasteiger partial charge in [-0.25, -0.2) is 9.37 Å². The topological polar surface area (TPSA) is 112 Å². The van der Waals surface area contributed by atoms with Crippen LogP contribution in [0.4, 0.5) is 4.39 Å². The number of benzene rings is 1. The standard InChI is InChI=1S/C29H26FN9/c30-20-13-18(4-3-11-39-9-1-2-10-39)12-19(14-20)26-28-22(5-6-33-26)35-29(36-28)27-21-15-23(25-16-31-7-8-32-25)34-17-24(21)37-38-27/h5-8,12-17H,1-4,9-11H2,(H,35,36)(H,37,38). The minimum Gasteiger partial charge on any atom is -0.336 e. The van der Waals surface area contributed by atoms with E-state index in [0.29, 0.717) is 34.1 Å². The summed E-state index contributed by atoms with van der Waals surface area (Å²) in [5, 5.41) is 8.40. The predicted octanol–water partition coefficient (Wildman–Crippen LogP) is 5.19. The summed E-state index contributed by atoms with van der Waals surface area (Å²) in [5.41, 5.74) is 6.59. The van der Waals surface area contributed by atoms with E-state index in [2.05, 4.69) is 40.0 Å². The molecule has 194 valence electrons. The number of nitrogens with one attached hydrogen (secondary N) is 2. The fraction of sp³-hybridized carbons (Fsp3) is 0.241. The zero-order valence-electron chi connectivity index (χ0n) is 21.2. The maximum Gasteiger partial charge on any atom is 0.159 e. The van der Waals surface area contributed by atoms with Crippen LogP contribution in [0, 0.1) is 5.82 Å². The Balaban J connectivity index is 1.23. The van der Waals surface area contributed by atoms with E-state index >= 15 is 0 Å². The zero-order chi connectivity index (χ0) is 26.2. The highest BCUT2D eigenvalue weighted by Gasteiger charge is 2.18. The van der Waals surface area contributed by atoms with Gasteiger partial charge in [0.2, 0.25) is 0 Å².